The summed E-state index contributed by atoms with van der Waals surface area (Å²) >= 11 is 1.33. The molecule has 3 fully saturated rings. The quantitative estimate of drug-likeness (QED) is 0.358. The molecule has 12 nitrogen and oxygen atoms in total. The number of amides is 2. The van der Waals surface area contributed by atoms with Gasteiger partial charge in [0.05, 0.1) is 10.6 Å². The van der Waals surface area contributed by atoms with Gasteiger partial charge >= 0.3 is 6.03 Å². The molecule has 2 aromatic heterocycles. The number of aromatic nitrogens is 3. The highest BCUT2D eigenvalue weighted by atomic mass is 32.1. The van der Waals surface area contributed by atoms with Crippen LogP contribution in [0.15, 0.2) is 35.7 Å². The van der Waals surface area contributed by atoms with Crippen molar-refractivity contribution >= 4 is 45.8 Å². The van der Waals surface area contributed by atoms with Gasteiger partial charge < -0.3 is 19.6 Å². The van der Waals surface area contributed by atoms with Gasteiger partial charge in [-0.25, -0.2) is 9.78 Å². The maximum absolute atomic E-state index is 13.0. The summed E-state index contributed by atoms with van der Waals surface area (Å²) in [5.41, 5.74) is 1.46. The predicted molar refractivity (Wildman–Crippen MR) is 152 cm³/mol. The normalized spacial score (nSPS) is 17.6. The number of nitro groups is 1. The van der Waals surface area contributed by atoms with E-state index in [1.54, 1.807) is 17.0 Å². The number of carbonyl (C=O) groups is 1. The van der Waals surface area contributed by atoms with E-state index in [9.17, 15) is 14.9 Å². The van der Waals surface area contributed by atoms with Crippen LogP contribution in [0.3, 0.4) is 0 Å². The lowest BCUT2D eigenvalue weighted by atomic mass is 10.1. The van der Waals surface area contributed by atoms with Crippen molar-refractivity contribution in [3.8, 4) is 11.3 Å². The van der Waals surface area contributed by atoms with Gasteiger partial charge in [0, 0.05) is 81.5 Å². The molecule has 3 aliphatic heterocycles. The van der Waals surface area contributed by atoms with Crippen molar-refractivity contribution in [3.05, 3.63) is 45.8 Å². The van der Waals surface area contributed by atoms with E-state index in [4.69, 9.17) is 9.97 Å². The molecular weight excluding hydrogens is 518 g/mol. The Bertz CT molecular complexity index is 1290. The molecule has 0 aliphatic carbocycles. The standard InChI is InChI=1S/C26H31N9O3S/c36-26(30-25-27-21(18-39-25)19-5-7-20(8-6-19)35(37)38)34-15-13-32(14-16-34)23-17-22(31-9-1-2-10-31)28-24(29-23)33-11-3-4-12-33/h5-8,17-18H,1-4,9-16H2,(H,27,30,36). The highest BCUT2D eigenvalue weighted by Gasteiger charge is 2.26. The van der Waals surface area contributed by atoms with E-state index in [1.807, 2.05) is 5.38 Å². The fourth-order valence-electron chi connectivity index (χ4n) is 5.27. The fourth-order valence-corrected chi connectivity index (χ4v) is 5.97. The molecule has 5 heterocycles. The Labute approximate surface area is 230 Å². The van der Waals surface area contributed by atoms with Crippen LogP contribution in [0.2, 0.25) is 0 Å². The van der Waals surface area contributed by atoms with Gasteiger partial charge in [0.15, 0.2) is 5.13 Å². The average Bonchev–Trinajstić information content (AvgIpc) is 3.76. The average molecular weight is 550 g/mol. The van der Waals surface area contributed by atoms with E-state index >= 15 is 0 Å². The first-order chi connectivity index (χ1) is 19.0. The molecule has 2 amide bonds. The van der Waals surface area contributed by atoms with Gasteiger partial charge in [0.25, 0.3) is 5.69 Å². The zero-order valence-corrected chi connectivity index (χ0v) is 22.5. The second-order valence-electron chi connectivity index (χ2n) is 10.0. The molecule has 0 unspecified atom stereocenters. The van der Waals surface area contributed by atoms with E-state index in [1.165, 1.54) is 49.2 Å². The van der Waals surface area contributed by atoms with Crippen LogP contribution in [-0.4, -0.2) is 83.2 Å². The highest BCUT2D eigenvalue weighted by Crippen LogP contribution is 2.29. The Morgan fingerprint density at radius 1 is 0.821 bits per heavy atom. The summed E-state index contributed by atoms with van der Waals surface area (Å²) in [6.07, 6.45) is 4.74. The van der Waals surface area contributed by atoms with Crippen molar-refractivity contribution in [1.29, 1.82) is 0 Å². The number of hydrogen-bond donors (Lipinski definition) is 1. The van der Waals surface area contributed by atoms with Gasteiger partial charge in [-0.2, -0.15) is 9.97 Å². The number of nitrogens with one attached hydrogen (secondary N) is 1. The number of piperazine rings is 1. The molecule has 13 heteroatoms. The van der Waals surface area contributed by atoms with Gasteiger partial charge in [0.2, 0.25) is 5.95 Å². The molecule has 6 rings (SSSR count). The van der Waals surface area contributed by atoms with Crippen LogP contribution in [0.5, 0.6) is 0 Å². The van der Waals surface area contributed by atoms with Gasteiger partial charge in [-0.15, -0.1) is 11.3 Å². The molecule has 3 aromatic rings. The zero-order chi connectivity index (χ0) is 26.8. The predicted octanol–water partition coefficient (Wildman–Crippen LogP) is 4.06. The van der Waals surface area contributed by atoms with Crippen molar-refractivity contribution in [2.45, 2.75) is 25.7 Å². The Kier molecular flexibility index (Phi) is 7.14. The monoisotopic (exact) mass is 549 g/mol. The number of hydrogen-bond acceptors (Lipinski definition) is 10. The summed E-state index contributed by atoms with van der Waals surface area (Å²) in [6, 6.07) is 8.15. The van der Waals surface area contributed by atoms with Crippen molar-refractivity contribution in [3.63, 3.8) is 0 Å². The maximum Gasteiger partial charge on any atom is 0.323 e. The fraction of sp³-hybridized carbons (Fsp3) is 0.462. The summed E-state index contributed by atoms with van der Waals surface area (Å²) in [5.74, 6) is 2.76. The Hall–Kier alpha value is -4.00. The van der Waals surface area contributed by atoms with Crippen LogP contribution in [0.25, 0.3) is 11.3 Å². The molecule has 1 aromatic carbocycles. The van der Waals surface area contributed by atoms with Crippen LogP contribution < -0.4 is 20.0 Å². The molecule has 3 aliphatic rings. The number of anilines is 4. The minimum absolute atomic E-state index is 0.0307. The van der Waals surface area contributed by atoms with Crippen LogP contribution >= 0.6 is 11.3 Å². The lowest BCUT2D eigenvalue weighted by Crippen LogP contribution is -2.50. The summed E-state index contributed by atoms with van der Waals surface area (Å²) in [7, 11) is 0. The largest absolute Gasteiger partial charge is 0.356 e. The van der Waals surface area contributed by atoms with Gasteiger partial charge in [-0.05, 0) is 37.8 Å². The number of nitro benzene ring substituents is 1. The molecule has 3 saturated heterocycles. The van der Waals surface area contributed by atoms with E-state index in [-0.39, 0.29) is 11.7 Å². The van der Waals surface area contributed by atoms with Crippen LogP contribution in [0.4, 0.5) is 33.2 Å². The highest BCUT2D eigenvalue weighted by molar-refractivity contribution is 7.14. The third-order valence-corrected chi connectivity index (χ3v) is 8.25. The summed E-state index contributed by atoms with van der Waals surface area (Å²) in [5, 5.41) is 16.1. The van der Waals surface area contributed by atoms with Crippen molar-refractivity contribution in [2.75, 3.05) is 72.4 Å². The second kappa shape index (κ2) is 11.0. The number of urea groups is 1. The number of benzene rings is 1. The summed E-state index contributed by atoms with van der Waals surface area (Å²) in [6.45, 7) is 6.60. The molecule has 1 N–H and O–H groups in total. The van der Waals surface area contributed by atoms with Gasteiger partial charge in [-0.3, -0.25) is 15.4 Å². The van der Waals surface area contributed by atoms with Crippen molar-refractivity contribution < 1.29 is 9.72 Å². The molecular formula is C26H31N9O3S. The first-order valence-electron chi connectivity index (χ1n) is 13.4. The van der Waals surface area contributed by atoms with E-state index in [0.717, 1.165) is 49.3 Å². The van der Waals surface area contributed by atoms with Gasteiger partial charge in [-0.1, -0.05) is 0 Å². The molecule has 39 heavy (non-hydrogen) atoms. The van der Waals surface area contributed by atoms with Crippen molar-refractivity contribution in [1.82, 2.24) is 19.9 Å². The smallest absolute Gasteiger partial charge is 0.323 e. The summed E-state index contributed by atoms with van der Waals surface area (Å²) < 4.78 is 0. The maximum atomic E-state index is 13.0. The zero-order valence-electron chi connectivity index (χ0n) is 21.7. The molecule has 0 atom stereocenters. The minimum Gasteiger partial charge on any atom is -0.356 e. The SMILES string of the molecule is O=C(Nc1nc(-c2ccc([N+](=O)[O-])cc2)cs1)N1CCN(c2cc(N3CCCC3)nc(N3CCCC3)n2)CC1. The van der Waals surface area contributed by atoms with Crippen molar-refractivity contribution in [2.24, 2.45) is 0 Å². The molecule has 0 spiro atoms. The first-order valence-corrected chi connectivity index (χ1v) is 14.3. The molecule has 0 radical (unpaired) electrons. The number of nitrogens with zero attached hydrogens (tertiary/aromatic N) is 8. The minimum atomic E-state index is -0.431. The number of thiazole rings is 1. The van der Waals surface area contributed by atoms with Crippen LogP contribution in [0, 0.1) is 10.1 Å². The molecule has 0 bridgehead atoms. The van der Waals surface area contributed by atoms with E-state index in [0.29, 0.717) is 37.0 Å². The Morgan fingerprint density at radius 3 is 2.03 bits per heavy atom. The number of non-ortho nitro benzene ring substituents is 1. The topological polar surface area (TPSA) is 124 Å². The third-order valence-electron chi connectivity index (χ3n) is 7.49. The molecule has 0 saturated carbocycles. The first kappa shape index (κ1) is 25.3. The Morgan fingerprint density at radius 2 is 1.41 bits per heavy atom. The number of carbonyl (C=O) groups excluding carboxylic acids is 1. The van der Waals surface area contributed by atoms with Gasteiger partial charge in [0.1, 0.15) is 11.6 Å². The lowest BCUT2D eigenvalue weighted by molar-refractivity contribution is -0.384. The van der Waals surface area contributed by atoms with E-state index in [2.05, 4.69) is 31.1 Å². The lowest BCUT2D eigenvalue weighted by Gasteiger charge is -2.35. The van der Waals surface area contributed by atoms with E-state index < -0.39 is 4.92 Å². The number of rotatable bonds is 6. The Balaban J connectivity index is 1.09. The second-order valence-corrected chi connectivity index (χ2v) is 10.9. The third kappa shape index (κ3) is 5.58. The molecule has 204 valence electrons. The van der Waals surface area contributed by atoms with Crippen LogP contribution in [0.1, 0.15) is 25.7 Å². The summed E-state index contributed by atoms with van der Waals surface area (Å²) in [4.78, 5) is 46.5. The van der Waals surface area contributed by atoms with Crippen LogP contribution in [-0.2, 0) is 0 Å².